The van der Waals surface area contributed by atoms with E-state index in [9.17, 15) is 4.79 Å². The molecule has 4 atom stereocenters. The van der Waals surface area contributed by atoms with Crippen molar-refractivity contribution in [2.24, 2.45) is 0 Å². The molecule has 0 aromatic carbocycles. The summed E-state index contributed by atoms with van der Waals surface area (Å²) >= 11 is 0. The van der Waals surface area contributed by atoms with Gasteiger partial charge in [-0.1, -0.05) is 0 Å². The van der Waals surface area contributed by atoms with Gasteiger partial charge in [-0.25, -0.2) is 4.79 Å². The summed E-state index contributed by atoms with van der Waals surface area (Å²) in [6.45, 7) is -0.843. The summed E-state index contributed by atoms with van der Waals surface area (Å²) in [4.78, 5) is 10.1. The normalized spacial score (nSPS) is 17.7. The van der Waals surface area contributed by atoms with Gasteiger partial charge in [0.2, 0.25) is 0 Å². The minimum absolute atomic E-state index is 0. The second-order valence-corrected chi connectivity index (χ2v) is 2.51. The first-order chi connectivity index (χ1) is 5.91. The molecule has 0 saturated carbocycles. The summed E-state index contributed by atoms with van der Waals surface area (Å²) in [5.74, 6) is -1.73. The summed E-state index contributed by atoms with van der Waals surface area (Å²) in [6, 6.07) is 0. The van der Waals surface area contributed by atoms with Crippen LogP contribution >= 0.6 is 0 Å². The van der Waals surface area contributed by atoms with Crippen LogP contribution < -0.4 is 0 Å². The Morgan fingerprint density at radius 1 is 1.07 bits per heavy atom. The van der Waals surface area contributed by atoms with Gasteiger partial charge in [0.1, 0.15) is 18.3 Å². The van der Waals surface area contributed by atoms with Crippen LogP contribution in [-0.4, -0.2) is 149 Å². The molecule has 15 heavy (non-hydrogen) atoms. The molecule has 9 heteroatoms. The molecule has 82 valence electrons. The number of carbonyl (C=O) groups is 1. The van der Waals surface area contributed by atoms with Crippen LogP contribution in [0.3, 0.4) is 0 Å². The Morgan fingerprint density at radius 3 is 1.73 bits per heavy atom. The zero-order valence-corrected chi connectivity index (χ0v) is 6.61. The molecule has 0 bridgehead atoms. The van der Waals surface area contributed by atoms with E-state index in [0.717, 1.165) is 0 Å². The number of aliphatic hydroxyl groups is 5. The van der Waals surface area contributed by atoms with Crippen molar-refractivity contribution in [3.05, 3.63) is 0 Å². The van der Waals surface area contributed by atoms with Crippen molar-refractivity contribution in [1.82, 2.24) is 0 Å². The first-order valence-corrected chi connectivity index (χ1v) is 3.47. The van der Waals surface area contributed by atoms with Gasteiger partial charge >= 0.3 is 86.9 Å². The predicted molar refractivity (Wildman–Crippen MR) is 53.0 cm³/mol. The minimum atomic E-state index is -2.20. The number of carboxylic acids is 1. The molecule has 0 rings (SSSR count). The van der Waals surface area contributed by atoms with Gasteiger partial charge in [0.15, 0.2) is 6.10 Å². The first-order valence-electron chi connectivity index (χ1n) is 3.47. The van der Waals surface area contributed by atoms with E-state index in [4.69, 9.17) is 30.6 Å². The summed E-state index contributed by atoms with van der Waals surface area (Å²) in [6.07, 6.45) is -7.84. The van der Waals surface area contributed by atoms with Crippen LogP contribution in [0.25, 0.3) is 0 Å². The van der Waals surface area contributed by atoms with Crippen molar-refractivity contribution in [2.45, 2.75) is 24.4 Å². The molecule has 0 aliphatic carbocycles. The van der Waals surface area contributed by atoms with Crippen molar-refractivity contribution in [3.63, 3.8) is 0 Å². The number of hydrogen-bond acceptors (Lipinski definition) is 6. The SMILES string of the molecule is O=C(O)[C@H](O)[C@@H](O)[C@H](O)[C@H](O)CO.[KH].[NaH]. The van der Waals surface area contributed by atoms with E-state index in [1.54, 1.807) is 0 Å². The molecule has 0 unspecified atom stereocenters. The van der Waals surface area contributed by atoms with Crippen LogP contribution in [0.2, 0.25) is 0 Å². The van der Waals surface area contributed by atoms with Crippen molar-refractivity contribution in [3.8, 4) is 0 Å². The Balaban J connectivity index is -0.000000720. The van der Waals surface area contributed by atoms with E-state index in [1.807, 2.05) is 0 Å². The summed E-state index contributed by atoms with van der Waals surface area (Å²) in [5, 5.41) is 51.8. The van der Waals surface area contributed by atoms with Crippen molar-refractivity contribution < 1.29 is 35.4 Å². The number of aliphatic hydroxyl groups excluding tert-OH is 5. The van der Waals surface area contributed by atoms with Gasteiger partial charge in [0, 0.05) is 0 Å². The third-order valence-corrected chi connectivity index (χ3v) is 1.51. The van der Waals surface area contributed by atoms with Gasteiger partial charge in [-0.05, 0) is 0 Å². The second-order valence-electron chi connectivity index (χ2n) is 2.51. The van der Waals surface area contributed by atoms with Gasteiger partial charge in [0.25, 0.3) is 0 Å². The topological polar surface area (TPSA) is 138 Å². The molecule has 0 aromatic rings. The van der Waals surface area contributed by atoms with E-state index >= 15 is 0 Å². The molecule has 0 fully saturated rings. The van der Waals surface area contributed by atoms with E-state index in [2.05, 4.69) is 0 Å². The third-order valence-electron chi connectivity index (χ3n) is 1.51. The summed E-state index contributed by atoms with van der Waals surface area (Å²) in [7, 11) is 0. The van der Waals surface area contributed by atoms with E-state index in [0.29, 0.717) is 0 Å². The van der Waals surface area contributed by atoms with E-state index in [1.165, 1.54) is 0 Å². The monoisotopic (exact) mass is 260 g/mol. The molecule has 0 spiro atoms. The molecular formula is C6H14KNaO7. The van der Waals surface area contributed by atoms with Gasteiger partial charge < -0.3 is 30.6 Å². The maximum absolute atomic E-state index is 10.1. The fraction of sp³-hybridized carbons (Fsp3) is 0.833. The number of hydrogen-bond donors (Lipinski definition) is 6. The Labute approximate surface area is 151 Å². The Morgan fingerprint density at radius 2 is 1.47 bits per heavy atom. The fourth-order valence-electron chi connectivity index (χ4n) is 0.668. The molecule has 6 N–H and O–H groups in total. The average molecular weight is 260 g/mol. The van der Waals surface area contributed by atoms with Gasteiger partial charge in [-0.15, -0.1) is 0 Å². The van der Waals surface area contributed by atoms with Crippen LogP contribution in [0.15, 0.2) is 0 Å². The standard InChI is InChI=1S/C6H12O7.K.Na.2H/c7-1-2(8)3(9)4(10)5(11)6(12)13;;;;/h2-5,7-11H,1H2,(H,12,13);;;;/t2-,3-,4+,5-;;;;/m1..../s1. The Kier molecular flexibility index (Phi) is 16.3. The fourth-order valence-corrected chi connectivity index (χ4v) is 0.668. The van der Waals surface area contributed by atoms with Crippen LogP contribution in [-0.2, 0) is 4.79 Å². The Hall–Kier alpha value is 1.91. The van der Waals surface area contributed by atoms with E-state index in [-0.39, 0.29) is 80.9 Å². The molecule has 0 amide bonds. The Bertz CT molecular complexity index is 181. The van der Waals surface area contributed by atoms with Gasteiger partial charge in [-0.3, -0.25) is 0 Å². The third kappa shape index (κ3) is 7.76. The number of aliphatic carboxylic acids is 1. The second kappa shape index (κ2) is 11.0. The number of carboxylic acid groups (broad SMARTS) is 1. The summed E-state index contributed by atoms with van der Waals surface area (Å²) < 4.78 is 0. The van der Waals surface area contributed by atoms with Crippen LogP contribution in [0.4, 0.5) is 0 Å². The van der Waals surface area contributed by atoms with Gasteiger partial charge in [0.05, 0.1) is 6.61 Å². The van der Waals surface area contributed by atoms with E-state index < -0.39 is 37.0 Å². The van der Waals surface area contributed by atoms with Crippen LogP contribution in [0.1, 0.15) is 0 Å². The molecule has 0 saturated heterocycles. The van der Waals surface area contributed by atoms with Crippen molar-refractivity contribution >= 4 is 86.9 Å². The molecule has 0 aliphatic rings. The zero-order valence-electron chi connectivity index (χ0n) is 6.61. The first kappa shape index (κ1) is 22.1. The molecule has 7 nitrogen and oxygen atoms in total. The van der Waals surface area contributed by atoms with Crippen LogP contribution in [0.5, 0.6) is 0 Å². The van der Waals surface area contributed by atoms with Crippen molar-refractivity contribution in [1.29, 1.82) is 0 Å². The van der Waals surface area contributed by atoms with Gasteiger partial charge in [-0.2, -0.15) is 0 Å². The quantitative estimate of drug-likeness (QED) is 0.273. The molecule has 0 aromatic heterocycles. The number of rotatable bonds is 5. The summed E-state index contributed by atoms with van der Waals surface area (Å²) in [5.41, 5.74) is 0. The van der Waals surface area contributed by atoms with Crippen molar-refractivity contribution in [2.75, 3.05) is 6.61 Å². The average Bonchev–Trinajstić information content (AvgIpc) is 2.12. The predicted octanol–water partition coefficient (Wildman–Crippen LogP) is -4.79. The molecular weight excluding hydrogens is 246 g/mol. The van der Waals surface area contributed by atoms with Crippen LogP contribution in [0, 0.1) is 0 Å². The molecule has 0 aliphatic heterocycles. The molecule has 0 radical (unpaired) electrons. The molecule has 0 heterocycles. The zero-order chi connectivity index (χ0) is 10.6. The maximum atomic E-state index is 10.1.